The van der Waals surface area contributed by atoms with Crippen LogP contribution in [0.4, 0.5) is 0 Å². The van der Waals surface area contributed by atoms with Crippen LogP contribution in [0, 0.1) is 0 Å². The van der Waals surface area contributed by atoms with E-state index < -0.39 is 11.9 Å². The van der Waals surface area contributed by atoms with Gasteiger partial charge in [0.05, 0.1) is 6.61 Å². The molecule has 0 saturated carbocycles. The topological polar surface area (TPSA) is 59.5 Å². The molecule has 1 aliphatic rings. The van der Waals surface area contributed by atoms with Crippen molar-refractivity contribution in [2.75, 3.05) is 19.7 Å². The summed E-state index contributed by atoms with van der Waals surface area (Å²) < 4.78 is 5.02. The van der Waals surface area contributed by atoms with Gasteiger partial charge in [0.25, 0.3) is 0 Å². The highest BCUT2D eigenvalue weighted by molar-refractivity contribution is 6.03. The second-order valence-electron chi connectivity index (χ2n) is 4.50. The van der Waals surface area contributed by atoms with Crippen molar-refractivity contribution >= 4 is 11.9 Å². The van der Waals surface area contributed by atoms with Gasteiger partial charge in [0.15, 0.2) is 5.92 Å². The molecule has 2 heterocycles. The van der Waals surface area contributed by atoms with Crippen LogP contribution < -0.4 is 0 Å². The lowest BCUT2D eigenvalue weighted by Gasteiger charge is -2.21. The van der Waals surface area contributed by atoms with Crippen molar-refractivity contribution in [1.29, 1.82) is 0 Å². The molecule has 0 radical (unpaired) electrons. The average molecular weight is 262 g/mol. The van der Waals surface area contributed by atoms with Crippen LogP contribution in [0.15, 0.2) is 24.5 Å². The van der Waals surface area contributed by atoms with Crippen LogP contribution in [0.5, 0.6) is 0 Å². The third-order valence-corrected chi connectivity index (χ3v) is 3.20. The summed E-state index contributed by atoms with van der Waals surface area (Å²) >= 11 is 0. The summed E-state index contributed by atoms with van der Waals surface area (Å²) in [5.74, 6) is -1.55. The fraction of sp³-hybridized carbons (Fsp3) is 0.500. The molecule has 1 fully saturated rings. The van der Waals surface area contributed by atoms with Gasteiger partial charge in [-0.05, 0) is 31.4 Å². The van der Waals surface area contributed by atoms with Gasteiger partial charge in [-0.15, -0.1) is 0 Å². The van der Waals surface area contributed by atoms with Gasteiger partial charge in [0.2, 0.25) is 5.91 Å². The second kappa shape index (κ2) is 6.31. The molecule has 5 heteroatoms. The number of hydrogen-bond acceptors (Lipinski definition) is 4. The van der Waals surface area contributed by atoms with E-state index >= 15 is 0 Å². The van der Waals surface area contributed by atoms with Crippen LogP contribution in [0.25, 0.3) is 0 Å². The van der Waals surface area contributed by atoms with E-state index in [9.17, 15) is 9.59 Å². The Bertz CT molecular complexity index is 441. The molecule has 19 heavy (non-hydrogen) atoms. The number of aromatic nitrogens is 1. The summed E-state index contributed by atoms with van der Waals surface area (Å²) in [6, 6.07) is 3.46. The average Bonchev–Trinajstić information content (AvgIpc) is 2.94. The minimum absolute atomic E-state index is 0.177. The van der Waals surface area contributed by atoms with Gasteiger partial charge in [0.1, 0.15) is 0 Å². The minimum Gasteiger partial charge on any atom is -0.465 e. The molecule has 0 N–H and O–H groups in total. The highest BCUT2D eigenvalue weighted by Gasteiger charge is 2.34. The third-order valence-electron chi connectivity index (χ3n) is 3.20. The van der Waals surface area contributed by atoms with Crippen molar-refractivity contribution in [1.82, 2.24) is 9.88 Å². The van der Waals surface area contributed by atoms with Crippen molar-refractivity contribution in [3.63, 3.8) is 0 Å². The van der Waals surface area contributed by atoms with Gasteiger partial charge in [-0.1, -0.05) is 6.07 Å². The lowest BCUT2D eigenvalue weighted by molar-refractivity contribution is -0.151. The quantitative estimate of drug-likeness (QED) is 0.607. The molecule has 0 bridgehead atoms. The number of pyridine rings is 1. The van der Waals surface area contributed by atoms with Crippen molar-refractivity contribution in [3.8, 4) is 0 Å². The Balaban J connectivity index is 2.23. The van der Waals surface area contributed by atoms with E-state index in [2.05, 4.69) is 4.98 Å². The van der Waals surface area contributed by atoms with Gasteiger partial charge in [-0.2, -0.15) is 0 Å². The summed E-state index contributed by atoms with van der Waals surface area (Å²) in [4.78, 5) is 30.2. The molecule has 1 atom stereocenters. The Morgan fingerprint density at radius 1 is 1.42 bits per heavy atom. The maximum Gasteiger partial charge on any atom is 0.323 e. The lowest BCUT2D eigenvalue weighted by Crippen LogP contribution is -2.37. The number of esters is 1. The first-order valence-electron chi connectivity index (χ1n) is 6.59. The van der Waals surface area contributed by atoms with Crippen LogP contribution in [-0.4, -0.2) is 41.5 Å². The lowest BCUT2D eigenvalue weighted by atomic mass is 9.99. The van der Waals surface area contributed by atoms with Gasteiger partial charge >= 0.3 is 5.97 Å². The number of rotatable bonds is 4. The normalized spacial score (nSPS) is 16.2. The Morgan fingerprint density at radius 2 is 2.16 bits per heavy atom. The standard InChI is InChI=1S/C14H18N2O3/c1-2-19-14(18)12(11-6-5-7-15-10-11)13(17)16-8-3-4-9-16/h5-7,10,12H,2-4,8-9H2,1H3/t12-/m1/s1. The van der Waals surface area contributed by atoms with Crippen molar-refractivity contribution in [2.45, 2.75) is 25.7 Å². The molecule has 1 aliphatic heterocycles. The number of amides is 1. The van der Waals surface area contributed by atoms with Gasteiger partial charge in [0, 0.05) is 25.5 Å². The Kier molecular flexibility index (Phi) is 4.49. The van der Waals surface area contributed by atoms with Crippen molar-refractivity contribution in [3.05, 3.63) is 30.1 Å². The maximum atomic E-state index is 12.5. The largest absolute Gasteiger partial charge is 0.465 e. The molecule has 0 unspecified atom stereocenters. The molecule has 2 rings (SSSR count). The Morgan fingerprint density at radius 3 is 2.74 bits per heavy atom. The summed E-state index contributed by atoms with van der Waals surface area (Å²) in [7, 11) is 0. The van der Waals surface area contributed by atoms with Crippen LogP contribution in [0.1, 0.15) is 31.2 Å². The van der Waals surface area contributed by atoms with E-state index in [0.29, 0.717) is 5.56 Å². The SMILES string of the molecule is CCOC(=O)[C@@H](C(=O)N1CCCC1)c1cccnc1. The zero-order valence-electron chi connectivity index (χ0n) is 11.0. The number of carbonyl (C=O) groups excluding carboxylic acids is 2. The van der Waals surface area contributed by atoms with E-state index in [1.54, 1.807) is 36.4 Å². The van der Waals surface area contributed by atoms with Crippen molar-refractivity contribution < 1.29 is 14.3 Å². The van der Waals surface area contributed by atoms with Crippen LogP contribution in [-0.2, 0) is 14.3 Å². The first-order chi connectivity index (χ1) is 9.24. The predicted octanol–water partition coefficient (Wildman–Crippen LogP) is 1.35. The molecule has 102 valence electrons. The molecule has 1 amide bonds. The number of likely N-dealkylation sites (tertiary alicyclic amines) is 1. The van der Waals surface area contributed by atoms with E-state index in [-0.39, 0.29) is 12.5 Å². The molecular weight excluding hydrogens is 244 g/mol. The summed E-state index contributed by atoms with van der Waals surface area (Å²) in [6.07, 6.45) is 5.16. The molecule has 5 nitrogen and oxygen atoms in total. The first-order valence-corrected chi connectivity index (χ1v) is 6.59. The zero-order valence-corrected chi connectivity index (χ0v) is 11.0. The Labute approximate surface area is 112 Å². The highest BCUT2D eigenvalue weighted by atomic mass is 16.5. The van der Waals surface area contributed by atoms with Gasteiger partial charge in [-0.25, -0.2) is 0 Å². The predicted molar refractivity (Wildman–Crippen MR) is 69.4 cm³/mol. The molecule has 1 saturated heterocycles. The molecule has 0 aliphatic carbocycles. The Hall–Kier alpha value is -1.91. The zero-order chi connectivity index (χ0) is 13.7. The first kappa shape index (κ1) is 13.5. The summed E-state index contributed by atoms with van der Waals surface area (Å²) in [5, 5.41) is 0. The third kappa shape index (κ3) is 3.10. The number of ether oxygens (including phenoxy) is 1. The number of hydrogen-bond donors (Lipinski definition) is 0. The maximum absolute atomic E-state index is 12.5. The van der Waals surface area contributed by atoms with Crippen molar-refractivity contribution in [2.24, 2.45) is 0 Å². The van der Waals surface area contributed by atoms with Crippen LogP contribution in [0.3, 0.4) is 0 Å². The number of carbonyl (C=O) groups is 2. The van der Waals surface area contributed by atoms with Gasteiger partial charge < -0.3 is 9.64 Å². The van der Waals surface area contributed by atoms with Crippen LogP contribution >= 0.6 is 0 Å². The monoisotopic (exact) mass is 262 g/mol. The second-order valence-corrected chi connectivity index (χ2v) is 4.50. The molecule has 1 aromatic rings. The molecule has 0 spiro atoms. The minimum atomic E-state index is -0.883. The summed E-state index contributed by atoms with van der Waals surface area (Å²) in [5.41, 5.74) is 0.595. The summed E-state index contributed by atoms with van der Waals surface area (Å²) in [6.45, 7) is 3.44. The smallest absolute Gasteiger partial charge is 0.323 e. The van der Waals surface area contributed by atoms with E-state index in [1.165, 1.54) is 0 Å². The molecule has 0 aromatic carbocycles. The van der Waals surface area contributed by atoms with Gasteiger partial charge in [-0.3, -0.25) is 14.6 Å². The molecular formula is C14H18N2O3. The number of nitrogens with zero attached hydrogens (tertiary/aromatic N) is 2. The van der Waals surface area contributed by atoms with E-state index in [4.69, 9.17) is 4.74 Å². The fourth-order valence-electron chi connectivity index (χ4n) is 2.27. The van der Waals surface area contributed by atoms with Crippen LogP contribution in [0.2, 0.25) is 0 Å². The van der Waals surface area contributed by atoms with E-state index in [0.717, 1.165) is 25.9 Å². The van der Waals surface area contributed by atoms with E-state index in [1.807, 2.05) is 0 Å². The molecule has 1 aromatic heterocycles. The fourth-order valence-corrected chi connectivity index (χ4v) is 2.27. The highest BCUT2D eigenvalue weighted by Crippen LogP contribution is 2.22.